The lowest BCUT2D eigenvalue weighted by atomic mass is 9.94. The maximum absolute atomic E-state index is 14.0. The highest BCUT2D eigenvalue weighted by atomic mass is 19.1. The number of imidazole rings is 1. The van der Waals surface area contributed by atoms with Crippen molar-refractivity contribution in [1.29, 1.82) is 0 Å². The van der Waals surface area contributed by atoms with Gasteiger partial charge in [-0.1, -0.05) is 0 Å². The fraction of sp³-hybridized carbons (Fsp3) is 0.583. The monoisotopic (exact) mass is 311 g/mol. The number of fused-ring (bicyclic) bond motifs is 2. The number of nitrogens with two attached hydrogens (primary N) is 1. The summed E-state index contributed by atoms with van der Waals surface area (Å²) in [7, 11) is 0. The molecule has 2 fully saturated rings. The van der Waals surface area contributed by atoms with Crippen LogP contribution in [0.3, 0.4) is 0 Å². The van der Waals surface area contributed by atoms with Gasteiger partial charge < -0.3 is 25.8 Å². The number of anilines is 1. The lowest BCUT2D eigenvalue weighted by Crippen LogP contribution is -2.48. The molecule has 2 aliphatic rings. The molecular weight excluding hydrogens is 297 g/mol. The summed E-state index contributed by atoms with van der Waals surface area (Å²) in [5.41, 5.74) is 0.210. The SMILES string of the molecule is C[C@]1(O)[C@H](n2cnc3c(N)ncnc32)O[C@@]2(CO)C(F)[C@@]21O. The standard InChI is InChI=1S/C12H14FN5O4/c1-10(20)9(22-11(2-19)8(13)12(10,11)21)18-4-17-5-6(14)15-3-16-7(5)18/h3-4,8-9,19-21H,2H2,1H3,(H2,14,15,16)/t8?,9-,10+,11+,12+/m1/s1. The summed E-state index contributed by atoms with van der Waals surface area (Å²) in [6.07, 6.45) is -0.544. The highest BCUT2D eigenvalue weighted by Crippen LogP contribution is 2.68. The number of halogens is 1. The normalized spacial score (nSPS) is 43.5. The molecule has 0 bridgehead atoms. The van der Waals surface area contributed by atoms with Crippen LogP contribution in [0.15, 0.2) is 12.7 Å². The second-order valence-electron chi connectivity index (χ2n) is 5.88. The van der Waals surface area contributed by atoms with Gasteiger partial charge in [-0.05, 0) is 6.92 Å². The van der Waals surface area contributed by atoms with Gasteiger partial charge in [0.2, 0.25) is 0 Å². The molecule has 22 heavy (non-hydrogen) atoms. The first-order chi connectivity index (χ1) is 10.3. The molecule has 0 amide bonds. The van der Waals surface area contributed by atoms with E-state index in [-0.39, 0.29) is 11.5 Å². The third kappa shape index (κ3) is 1.18. The Hall–Kier alpha value is -1.88. The van der Waals surface area contributed by atoms with E-state index < -0.39 is 35.8 Å². The molecule has 1 unspecified atom stereocenters. The van der Waals surface area contributed by atoms with E-state index in [1.165, 1.54) is 24.1 Å². The van der Waals surface area contributed by atoms with Gasteiger partial charge in [0.15, 0.2) is 35.1 Å². The predicted molar refractivity (Wildman–Crippen MR) is 70.1 cm³/mol. The van der Waals surface area contributed by atoms with E-state index in [0.29, 0.717) is 5.52 Å². The molecule has 118 valence electrons. The van der Waals surface area contributed by atoms with E-state index >= 15 is 0 Å². The van der Waals surface area contributed by atoms with E-state index in [9.17, 15) is 19.7 Å². The van der Waals surface area contributed by atoms with E-state index in [0.717, 1.165) is 0 Å². The lowest BCUT2D eigenvalue weighted by Gasteiger charge is -2.31. The van der Waals surface area contributed by atoms with Gasteiger partial charge >= 0.3 is 0 Å². The van der Waals surface area contributed by atoms with Gasteiger partial charge in [-0.25, -0.2) is 19.3 Å². The summed E-state index contributed by atoms with van der Waals surface area (Å²) in [6.45, 7) is 0.478. The van der Waals surface area contributed by atoms with Gasteiger partial charge in [-0.3, -0.25) is 4.57 Å². The molecule has 3 heterocycles. The average molecular weight is 311 g/mol. The number of hydrogen-bond acceptors (Lipinski definition) is 8. The summed E-state index contributed by atoms with van der Waals surface area (Å²) in [5.74, 6) is 0.144. The summed E-state index contributed by atoms with van der Waals surface area (Å²) < 4.78 is 20.8. The largest absolute Gasteiger partial charge is 0.393 e. The first-order valence-electron chi connectivity index (χ1n) is 6.62. The second-order valence-corrected chi connectivity index (χ2v) is 5.88. The van der Waals surface area contributed by atoms with Crippen molar-refractivity contribution < 1.29 is 24.4 Å². The molecule has 5 N–H and O–H groups in total. The van der Waals surface area contributed by atoms with Crippen LogP contribution in [0.4, 0.5) is 10.2 Å². The van der Waals surface area contributed by atoms with Gasteiger partial charge in [0, 0.05) is 0 Å². The van der Waals surface area contributed by atoms with E-state index in [1.54, 1.807) is 0 Å². The Balaban J connectivity index is 1.86. The van der Waals surface area contributed by atoms with Crippen molar-refractivity contribution in [2.45, 2.75) is 36.1 Å². The highest BCUT2D eigenvalue weighted by Gasteiger charge is 2.92. The van der Waals surface area contributed by atoms with Crippen molar-refractivity contribution in [2.75, 3.05) is 12.3 Å². The van der Waals surface area contributed by atoms with E-state index in [2.05, 4.69) is 15.0 Å². The zero-order valence-electron chi connectivity index (χ0n) is 11.5. The number of hydrogen-bond donors (Lipinski definition) is 4. The maximum Gasteiger partial charge on any atom is 0.169 e. The second kappa shape index (κ2) is 3.71. The summed E-state index contributed by atoms with van der Waals surface area (Å²) >= 11 is 0. The van der Waals surface area contributed by atoms with Crippen LogP contribution < -0.4 is 5.73 Å². The molecule has 0 radical (unpaired) electrons. The number of rotatable bonds is 2. The Labute approximate surface area is 123 Å². The number of alkyl halides is 1. The van der Waals surface area contributed by atoms with Crippen LogP contribution in [0, 0.1) is 0 Å². The number of nitrogen functional groups attached to an aromatic ring is 1. The Morgan fingerprint density at radius 1 is 1.41 bits per heavy atom. The van der Waals surface area contributed by atoms with Crippen LogP contribution in [0.5, 0.6) is 0 Å². The molecule has 2 aromatic heterocycles. The molecule has 4 rings (SSSR count). The minimum absolute atomic E-state index is 0.144. The highest BCUT2D eigenvalue weighted by molar-refractivity contribution is 5.81. The first-order valence-corrected chi connectivity index (χ1v) is 6.62. The van der Waals surface area contributed by atoms with Crippen molar-refractivity contribution in [3.63, 3.8) is 0 Å². The first kappa shape index (κ1) is 13.8. The van der Waals surface area contributed by atoms with Crippen LogP contribution >= 0.6 is 0 Å². The topological polar surface area (TPSA) is 140 Å². The predicted octanol–water partition coefficient (Wildman–Crippen LogP) is -1.50. The molecule has 0 spiro atoms. The van der Waals surface area contributed by atoms with Crippen LogP contribution in [0.2, 0.25) is 0 Å². The van der Waals surface area contributed by atoms with Gasteiger partial charge in [0.1, 0.15) is 17.4 Å². The number of aromatic nitrogens is 4. The van der Waals surface area contributed by atoms with Crippen LogP contribution in [-0.4, -0.2) is 64.4 Å². The minimum Gasteiger partial charge on any atom is -0.393 e. The van der Waals surface area contributed by atoms with Crippen molar-refractivity contribution in [3.8, 4) is 0 Å². The molecule has 5 atom stereocenters. The molecule has 2 aromatic rings. The maximum atomic E-state index is 14.0. The van der Waals surface area contributed by atoms with Gasteiger partial charge in [-0.2, -0.15) is 0 Å². The van der Waals surface area contributed by atoms with Crippen molar-refractivity contribution in [1.82, 2.24) is 19.5 Å². The molecule has 10 heteroatoms. The van der Waals surface area contributed by atoms with Crippen molar-refractivity contribution in [2.24, 2.45) is 0 Å². The van der Waals surface area contributed by atoms with Crippen LogP contribution in [0.1, 0.15) is 13.2 Å². The van der Waals surface area contributed by atoms with Gasteiger partial charge in [0.05, 0.1) is 12.9 Å². The number of nitrogens with zero attached hydrogens (tertiary/aromatic N) is 4. The number of aliphatic hydroxyl groups is 3. The fourth-order valence-electron chi connectivity index (χ4n) is 3.39. The summed E-state index contributed by atoms with van der Waals surface area (Å²) in [5, 5.41) is 30.5. The smallest absolute Gasteiger partial charge is 0.169 e. The third-order valence-corrected chi connectivity index (χ3v) is 4.79. The van der Waals surface area contributed by atoms with E-state index in [4.69, 9.17) is 10.5 Å². The molecular formula is C12H14FN5O4. The lowest BCUT2D eigenvalue weighted by molar-refractivity contribution is -0.157. The zero-order chi connectivity index (χ0) is 15.9. The fourth-order valence-corrected chi connectivity index (χ4v) is 3.39. The summed E-state index contributed by atoms with van der Waals surface area (Å²) in [4.78, 5) is 11.9. The molecule has 1 aliphatic carbocycles. The Morgan fingerprint density at radius 2 is 2.14 bits per heavy atom. The Bertz CT molecular complexity index is 782. The Kier molecular flexibility index (Phi) is 2.32. The molecule has 9 nitrogen and oxygen atoms in total. The van der Waals surface area contributed by atoms with Crippen molar-refractivity contribution in [3.05, 3.63) is 12.7 Å². The third-order valence-electron chi connectivity index (χ3n) is 4.79. The quantitative estimate of drug-likeness (QED) is 0.525. The Morgan fingerprint density at radius 3 is 2.77 bits per heavy atom. The minimum atomic E-state index is -2.20. The number of ether oxygens (including phenoxy) is 1. The average Bonchev–Trinajstić information content (AvgIpc) is 2.80. The summed E-state index contributed by atoms with van der Waals surface area (Å²) in [6, 6.07) is 0. The molecule has 1 aliphatic heterocycles. The van der Waals surface area contributed by atoms with Gasteiger partial charge in [0.25, 0.3) is 0 Å². The van der Waals surface area contributed by atoms with Crippen LogP contribution in [-0.2, 0) is 4.74 Å². The number of aliphatic hydroxyl groups excluding tert-OH is 1. The van der Waals surface area contributed by atoms with Crippen molar-refractivity contribution >= 4 is 17.0 Å². The van der Waals surface area contributed by atoms with E-state index in [1.807, 2.05) is 0 Å². The molecule has 0 aromatic carbocycles. The van der Waals surface area contributed by atoms with Crippen LogP contribution in [0.25, 0.3) is 11.2 Å². The molecule has 1 saturated carbocycles. The molecule has 1 saturated heterocycles. The zero-order valence-corrected chi connectivity index (χ0v) is 11.5. The van der Waals surface area contributed by atoms with Gasteiger partial charge in [-0.15, -0.1) is 0 Å².